The molecular formula is C7H8ClNO. The molecule has 1 N–H and O–H groups in total. The number of rotatable bonds is 2. The van der Waals surface area contributed by atoms with Crippen LogP contribution in [0.4, 0.5) is 0 Å². The highest BCUT2D eigenvalue weighted by Gasteiger charge is 2.01. The summed E-state index contributed by atoms with van der Waals surface area (Å²) in [5.74, 6) is 0. The minimum Gasteiger partial charge on any atom is -0.372 e. The van der Waals surface area contributed by atoms with Gasteiger partial charge in [0.25, 0.3) is 0 Å². The molecule has 1 unspecified atom stereocenters. The zero-order valence-electron chi connectivity index (χ0n) is 5.38. The molecule has 3 heteroatoms. The van der Waals surface area contributed by atoms with E-state index in [1.54, 1.807) is 12.3 Å². The maximum atomic E-state index is 10.0. The molecule has 54 valence electrons. The third-order valence-corrected chi connectivity index (χ3v) is 1.50. The van der Waals surface area contributed by atoms with Crippen LogP contribution in [-0.2, 0) is 4.79 Å². The van der Waals surface area contributed by atoms with Crippen molar-refractivity contribution in [2.45, 2.75) is 11.9 Å². The van der Waals surface area contributed by atoms with Gasteiger partial charge in [0, 0.05) is 12.6 Å². The number of allylic oxidation sites excluding steroid dienone is 2. The molecule has 0 radical (unpaired) electrons. The van der Waals surface area contributed by atoms with Crippen molar-refractivity contribution in [3.05, 3.63) is 23.9 Å². The minimum atomic E-state index is -0.129. The van der Waals surface area contributed by atoms with Crippen LogP contribution in [0.5, 0.6) is 0 Å². The lowest BCUT2D eigenvalue weighted by Crippen LogP contribution is -2.18. The van der Waals surface area contributed by atoms with Gasteiger partial charge in [-0.1, -0.05) is 17.7 Å². The van der Waals surface area contributed by atoms with Gasteiger partial charge in [0.1, 0.15) is 11.8 Å². The Morgan fingerprint density at radius 1 is 1.80 bits per heavy atom. The lowest BCUT2D eigenvalue weighted by Gasteiger charge is -2.10. The average Bonchev–Trinajstić information content (AvgIpc) is 1.95. The fraction of sp³-hybridized carbons (Fsp3) is 0.286. The molecule has 0 saturated heterocycles. The molecule has 2 nitrogen and oxygen atoms in total. The summed E-state index contributed by atoms with van der Waals surface area (Å²) in [6, 6.07) is 0. The molecule has 1 heterocycles. The number of hydrogen-bond acceptors (Lipinski definition) is 2. The molecule has 1 aliphatic heterocycles. The number of carbonyl (C=O) groups excluding carboxylic acids is 1. The van der Waals surface area contributed by atoms with E-state index in [9.17, 15) is 4.79 Å². The molecule has 1 rings (SSSR count). The smallest absolute Gasteiger partial charge is 0.124 e. The first-order chi connectivity index (χ1) is 4.83. The molecule has 0 aromatic carbocycles. The summed E-state index contributed by atoms with van der Waals surface area (Å²) in [5, 5.41) is 2.87. The van der Waals surface area contributed by atoms with E-state index in [0.29, 0.717) is 6.42 Å². The van der Waals surface area contributed by atoms with Crippen LogP contribution in [0, 0.1) is 0 Å². The first kappa shape index (κ1) is 7.35. The van der Waals surface area contributed by atoms with Crippen molar-refractivity contribution in [3.8, 4) is 0 Å². The summed E-state index contributed by atoms with van der Waals surface area (Å²) in [7, 11) is 0. The summed E-state index contributed by atoms with van der Waals surface area (Å²) in [5.41, 5.74) is 0.835. The Hall–Kier alpha value is -0.760. The van der Waals surface area contributed by atoms with E-state index in [2.05, 4.69) is 5.32 Å². The molecule has 0 aromatic heterocycles. The van der Waals surface area contributed by atoms with Gasteiger partial charge in [-0.05, 0) is 11.6 Å². The Morgan fingerprint density at radius 2 is 2.60 bits per heavy atom. The van der Waals surface area contributed by atoms with Gasteiger partial charge < -0.3 is 10.1 Å². The predicted octanol–water partition coefficient (Wildman–Crippen LogP) is 1.18. The first-order valence-corrected chi connectivity index (χ1v) is 3.47. The Labute approximate surface area is 64.6 Å². The van der Waals surface area contributed by atoms with Gasteiger partial charge in [0.2, 0.25) is 0 Å². The molecule has 1 aliphatic rings. The summed E-state index contributed by atoms with van der Waals surface area (Å²) in [6.07, 6.45) is 6.73. The molecule has 0 spiro atoms. The Kier molecular flexibility index (Phi) is 2.51. The molecule has 1 atom stereocenters. The van der Waals surface area contributed by atoms with Crippen LogP contribution in [-0.4, -0.2) is 11.8 Å². The van der Waals surface area contributed by atoms with Crippen molar-refractivity contribution in [2.24, 2.45) is 0 Å². The second kappa shape index (κ2) is 3.42. The van der Waals surface area contributed by atoms with Gasteiger partial charge in [-0.25, -0.2) is 0 Å². The number of carbonyl (C=O) groups is 1. The Morgan fingerprint density at radius 3 is 3.10 bits per heavy atom. The van der Waals surface area contributed by atoms with Gasteiger partial charge in [0.15, 0.2) is 0 Å². The second-order valence-corrected chi connectivity index (χ2v) is 2.49. The molecule has 0 bridgehead atoms. The van der Waals surface area contributed by atoms with Crippen molar-refractivity contribution in [3.63, 3.8) is 0 Å². The minimum absolute atomic E-state index is 0.129. The van der Waals surface area contributed by atoms with Crippen LogP contribution < -0.4 is 5.32 Å². The van der Waals surface area contributed by atoms with Crippen LogP contribution in [0.1, 0.15) is 6.42 Å². The van der Waals surface area contributed by atoms with Crippen molar-refractivity contribution < 1.29 is 4.79 Å². The van der Waals surface area contributed by atoms with Crippen molar-refractivity contribution in [1.29, 1.82) is 0 Å². The van der Waals surface area contributed by atoms with Gasteiger partial charge >= 0.3 is 0 Å². The van der Waals surface area contributed by atoms with Gasteiger partial charge in [-0.15, -0.1) is 0 Å². The first-order valence-electron chi connectivity index (χ1n) is 3.04. The Bertz CT molecular complexity index is 186. The predicted molar refractivity (Wildman–Crippen MR) is 40.7 cm³/mol. The van der Waals surface area contributed by atoms with Crippen LogP contribution in [0.3, 0.4) is 0 Å². The van der Waals surface area contributed by atoms with E-state index in [1.165, 1.54) is 0 Å². The summed E-state index contributed by atoms with van der Waals surface area (Å²) < 4.78 is 0. The molecule has 0 aromatic rings. The summed E-state index contributed by atoms with van der Waals surface area (Å²) >= 11 is 5.65. The number of dihydropyridines is 1. The SMILES string of the molecule is O=CCC1=CNC(Cl)C=C1. The van der Waals surface area contributed by atoms with E-state index in [0.717, 1.165) is 11.9 Å². The van der Waals surface area contributed by atoms with E-state index >= 15 is 0 Å². The molecule has 0 amide bonds. The zero-order chi connectivity index (χ0) is 7.40. The highest BCUT2D eigenvalue weighted by atomic mass is 35.5. The maximum absolute atomic E-state index is 10.0. The van der Waals surface area contributed by atoms with E-state index < -0.39 is 0 Å². The third-order valence-electron chi connectivity index (χ3n) is 1.23. The van der Waals surface area contributed by atoms with Crippen molar-refractivity contribution in [1.82, 2.24) is 5.32 Å². The fourth-order valence-electron chi connectivity index (χ4n) is 0.722. The quantitative estimate of drug-likeness (QED) is 0.371. The van der Waals surface area contributed by atoms with Crippen molar-refractivity contribution >= 4 is 17.9 Å². The van der Waals surface area contributed by atoms with Crippen LogP contribution in [0.15, 0.2) is 23.9 Å². The van der Waals surface area contributed by atoms with E-state index in [1.807, 2.05) is 6.08 Å². The number of alkyl halides is 1. The van der Waals surface area contributed by atoms with Crippen molar-refractivity contribution in [2.75, 3.05) is 0 Å². The standard InChI is InChI=1S/C7H8ClNO/c8-7-2-1-6(3-4-10)5-9-7/h1-2,4-5,7,9H,3H2. The van der Waals surface area contributed by atoms with Gasteiger partial charge in [-0.3, -0.25) is 0 Å². The molecule has 0 saturated carbocycles. The summed E-state index contributed by atoms with van der Waals surface area (Å²) in [4.78, 5) is 10.0. The number of aldehydes is 1. The Balaban J connectivity index is 2.49. The largest absolute Gasteiger partial charge is 0.372 e. The molecule has 0 aliphatic carbocycles. The number of hydrogen-bond donors (Lipinski definition) is 1. The number of nitrogens with one attached hydrogen (secondary N) is 1. The summed E-state index contributed by atoms with van der Waals surface area (Å²) in [6.45, 7) is 0. The zero-order valence-corrected chi connectivity index (χ0v) is 6.14. The topological polar surface area (TPSA) is 29.1 Å². The normalized spacial score (nSPS) is 23.3. The van der Waals surface area contributed by atoms with Crippen LogP contribution in [0.25, 0.3) is 0 Å². The lowest BCUT2D eigenvalue weighted by molar-refractivity contribution is -0.107. The third kappa shape index (κ3) is 1.88. The fourth-order valence-corrected chi connectivity index (χ4v) is 0.857. The highest BCUT2D eigenvalue weighted by molar-refractivity contribution is 6.21. The van der Waals surface area contributed by atoms with Crippen LogP contribution >= 0.6 is 11.6 Å². The molecular weight excluding hydrogens is 150 g/mol. The van der Waals surface area contributed by atoms with Crippen LogP contribution in [0.2, 0.25) is 0 Å². The second-order valence-electron chi connectivity index (χ2n) is 2.02. The monoisotopic (exact) mass is 157 g/mol. The molecule has 10 heavy (non-hydrogen) atoms. The van der Waals surface area contributed by atoms with Gasteiger partial charge in [0.05, 0.1) is 0 Å². The average molecular weight is 158 g/mol. The maximum Gasteiger partial charge on any atom is 0.124 e. The highest BCUT2D eigenvalue weighted by Crippen LogP contribution is 2.07. The molecule has 0 fully saturated rings. The van der Waals surface area contributed by atoms with Gasteiger partial charge in [-0.2, -0.15) is 0 Å². The number of halogens is 1. The lowest BCUT2D eigenvalue weighted by atomic mass is 10.2. The van der Waals surface area contributed by atoms with E-state index in [4.69, 9.17) is 11.6 Å². The van der Waals surface area contributed by atoms with E-state index in [-0.39, 0.29) is 5.50 Å².